The number of carboxylic acid groups (broad SMARTS) is 1. The number of fused-ring (bicyclic) bond motifs is 3. The third kappa shape index (κ3) is 2.03. The number of aromatic nitrogens is 3. The Morgan fingerprint density at radius 3 is 3.00 bits per heavy atom. The van der Waals surface area contributed by atoms with Crippen LogP contribution in [0.2, 0.25) is 0 Å². The van der Waals surface area contributed by atoms with Gasteiger partial charge >= 0.3 is 5.97 Å². The quantitative estimate of drug-likeness (QED) is 0.788. The Balaban J connectivity index is 1.95. The molecule has 4 rings (SSSR count). The molecule has 4 heterocycles. The zero-order chi connectivity index (χ0) is 15.1. The van der Waals surface area contributed by atoms with Gasteiger partial charge in [0.1, 0.15) is 4.88 Å². The highest BCUT2D eigenvalue weighted by Gasteiger charge is 2.24. The summed E-state index contributed by atoms with van der Waals surface area (Å²) >= 11 is 1.37. The van der Waals surface area contributed by atoms with E-state index in [9.17, 15) is 9.90 Å². The summed E-state index contributed by atoms with van der Waals surface area (Å²) in [6, 6.07) is 5.67. The molecule has 0 radical (unpaired) electrons. The number of aryl methyl sites for hydroxylation is 2. The van der Waals surface area contributed by atoms with Crippen LogP contribution in [0.5, 0.6) is 0 Å². The molecule has 0 aromatic carbocycles. The normalized spacial score (nSPS) is 13.3. The molecule has 110 valence electrons. The third-order valence-electron chi connectivity index (χ3n) is 3.86. The highest BCUT2D eigenvalue weighted by Crippen LogP contribution is 2.40. The molecule has 0 amide bonds. The van der Waals surface area contributed by atoms with E-state index in [2.05, 4.69) is 10.1 Å². The molecule has 1 aliphatic heterocycles. The lowest BCUT2D eigenvalue weighted by Gasteiger charge is -2.06. The van der Waals surface area contributed by atoms with Gasteiger partial charge in [-0.25, -0.2) is 4.79 Å². The molecule has 5 nitrogen and oxygen atoms in total. The van der Waals surface area contributed by atoms with Gasteiger partial charge in [0.15, 0.2) is 0 Å². The van der Waals surface area contributed by atoms with Crippen molar-refractivity contribution in [3.05, 3.63) is 46.5 Å². The molecule has 0 unspecified atom stereocenters. The van der Waals surface area contributed by atoms with E-state index in [1.54, 1.807) is 12.3 Å². The average Bonchev–Trinajstić information content (AvgIpc) is 3.09. The fourth-order valence-corrected chi connectivity index (χ4v) is 3.92. The van der Waals surface area contributed by atoms with Crippen LogP contribution in [0.25, 0.3) is 22.4 Å². The van der Waals surface area contributed by atoms with E-state index < -0.39 is 5.97 Å². The van der Waals surface area contributed by atoms with Crippen molar-refractivity contribution >= 4 is 17.3 Å². The van der Waals surface area contributed by atoms with Crippen LogP contribution in [0.3, 0.4) is 0 Å². The van der Waals surface area contributed by atoms with Crippen LogP contribution >= 0.6 is 11.3 Å². The van der Waals surface area contributed by atoms with Crippen molar-refractivity contribution in [3.8, 4) is 22.4 Å². The summed E-state index contributed by atoms with van der Waals surface area (Å²) in [5.41, 5.74) is 4.01. The first kappa shape index (κ1) is 13.2. The Kier molecular flexibility index (Phi) is 3.04. The van der Waals surface area contributed by atoms with Crippen LogP contribution < -0.4 is 0 Å². The van der Waals surface area contributed by atoms with Gasteiger partial charge in [0.2, 0.25) is 0 Å². The highest BCUT2D eigenvalue weighted by molar-refractivity contribution is 7.14. The third-order valence-corrected chi connectivity index (χ3v) is 5.04. The maximum atomic E-state index is 11.3. The van der Waals surface area contributed by atoms with E-state index in [4.69, 9.17) is 0 Å². The van der Waals surface area contributed by atoms with Crippen molar-refractivity contribution in [2.24, 2.45) is 0 Å². The van der Waals surface area contributed by atoms with E-state index in [-0.39, 0.29) is 0 Å². The topological polar surface area (TPSA) is 68.0 Å². The van der Waals surface area contributed by atoms with Crippen molar-refractivity contribution in [2.75, 3.05) is 0 Å². The Morgan fingerprint density at radius 2 is 2.23 bits per heavy atom. The van der Waals surface area contributed by atoms with Gasteiger partial charge < -0.3 is 5.11 Å². The van der Waals surface area contributed by atoms with Gasteiger partial charge in [-0.15, -0.1) is 11.3 Å². The molecule has 0 saturated heterocycles. The molecule has 22 heavy (non-hydrogen) atoms. The van der Waals surface area contributed by atoms with Crippen molar-refractivity contribution in [3.63, 3.8) is 0 Å². The zero-order valence-corrected chi connectivity index (χ0v) is 12.5. The summed E-state index contributed by atoms with van der Waals surface area (Å²) in [7, 11) is 0. The number of rotatable bonds is 2. The van der Waals surface area contributed by atoms with Gasteiger partial charge in [-0.3, -0.25) is 9.67 Å². The lowest BCUT2D eigenvalue weighted by Crippen LogP contribution is -2.00. The summed E-state index contributed by atoms with van der Waals surface area (Å²) in [4.78, 5) is 17.0. The van der Waals surface area contributed by atoms with Crippen molar-refractivity contribution in [1.82, 2.24) is 14.8 Å². The fraction of sp³-hybridized carbons (Fsp3) is 0.188. The van der Waals surface area contributed by atoms with Crippen LogP contribution in [0.15, 0.2) is 36.8 Å². The van der Waals surface area contributed by atoms with Gasteiger partial charge in [0, 0.05) is 40.5 Å². The second-order valence-electron chi connectivity index (χ2n) is 5.23. The summed E-state index contributed by atoms with van der Waals surface area (Å²) in [5, 5.41) is 13.8. The molecule has 0 saturated carbocycles. The molecule has 1 N–H and O–H groups in total. The summed E-state index contributed by atoms with van der Waals surface area (Å²) < 4.78 is 1.98. The minimum Gasteiger partial charge on any atom is -0.477 e. The Morgan fingerprint density at radius 1 is 1.32 bits per heavy atom. The molecule has 3 aromatic rings. The second kappa shape index (κ2) is 5.06. The van der Waals surface area contributed by atoms with Crippen molar-refractivity contribution in [2.45, 2.75) is 19.4 Å². The highest BCUT2D eigenvalue weighted by atomic mass is 32.1. The van der Waals surface area contributed by atoms with Gasteiger partial charge in [-0.05, 0) is 25.0 Å². The van der Waals surface area contributed by atoms with Crippen molar-refractivity contribution in [1.29, 1.82) is 0 Å². The molecule has 0 spiro atoms. The molecular weight excluding hydrogens is 298 g/mol. The number of hydrogen-bond donors (Lipinski definition) is 1. The smallest absolute Gasteiger partial charge is 0.345 e. The standard InChI is InChI=1S/C16H13N3O2S/c20-16(21)14-7-11-13(22-14)4-2-6-19-15(11)12(9-18-19)10-3-1-5-17-8-10/h1,3,5,7-9H,2,4,6H2,(H,20,21). The molecule has 0 fully saturated rings. The summed E-state index contributed by atoms with van der Waals surface area (Å²) in [5.74, 6) is -0.868. The van der Waals surface area contributed by atoms with E-state index in [0.29, 0.717) is 4.88 Å². The molecule has 0 bridgehead atoms. The van der Waals surface area contributed by atoms with Crippen LogP contribution in [-0.2, 0) is 13.0 Å². The minimum absolute atomic E-state index is 0.386. The van der Waals surface area contributed by atoms with Gasteiger partial charge in [0.05, 0.1) is 11.9 Å². The number of nitrogens with zero attached hydrogens (tertiary/aromatic N) is 3. The van der Waals surface area contributed by atoms with Crippen LogP contribution in [-0.4, -0.2) is 25.8 Å². The van der Waals surface area contributed by atoms with E-state index >= 15 is 0 Å². The van der Waals surface area contributed by atoms with Gasteiger partial charge in [-0.1, -0.05) is 6.07 Å². The first-order valence-corrected chi connectivity index (χ1v) is 7.88. The number of carboxylic acids is 1. The van der Waals surface area contributed by atoms with Gasteiger partial charge in [-0.2, -0.15) is 5.10 Å². The molecule has 6 heteroatoms. The number of thiophene rings is 1. The molecule has 3 aromatic heterocycles. The lowest BCUT2D eigenvalue weighted by atomic mass is 10.0. The Hall–Kier alpha value is -2.47. The summed E-state index contributed by atoms with van der Waals surface area (Å²) in [6.45, 7) is 0.847. The largest absolute Gasteiger partial charge is 0.477 e. The Bertz CT molecular complexity index is 852. The maximum Gasteiger partial charge on any atom is 0.345 e. The predicted molar refractivity (Wildman–Crippen MR) is 84.1 cm³/mol. The summed E-state index contributed by atoms with van der Waals surface area (Å²) in [6.07, 6.45) is 7.26. The molecule has 0 aliphatic carbocycles. The SMILES string of the molecule is O=C(O)c1cc2c(s1)CCCn1ncc(-c3cccnc3)c1-2. The first-order chi connectivity index (χ1) is 10.7. The molecule has 0 atom stereocenters. The second-order valence-corrected chi connectivity index (χ2v) is 6.36. The maximum absolute atomic E-state index is 11.3. The van der Waals surface area contributed by atoms with Crippen LogP contribution in [0, 0.1) is 0 Å². The van der Waals surface area contributed by atoms with Crippen molar-refractivity contribution < 1.29 is 9.90 Å². The number of carbonyl (C=O) groups is 1. The number of hydrogen-bond acceptors (Lipinski definition) is 4. The van der Waals surface area contributed by atoms with Crippen LogP contribution in [0.4, 0.5) is 0 Å². The molecule has 1 aliphatic rings. The monoisotopic (exact) mass is 311 g/mol. The van der Waals surface area contributed by atoms with Gasteiger partial charge in [0.25, 0.3) is 0 Å². The number of pyridine rings is 1. The minimum atomic E-state index is -0.868. The average molecular weight is 311 g/mol. The zero-order valence-electron chi connectivity index (χ0n) is 11.7. The van der Waals surface area contributed by atoms with Crippen LogP contribution in [0.1, 0.15) is 21.0 Å². The van der Waals surface area contributed by atoms with E-state index in [1.165, 1.54) is 11.3 Å². The first-order valence-electron chi connectivity index (χ1n) is 7.06. The lowest BCUT2D eigenvalue weighted by molar-refractivity contribution is 0.0702. The fourth-order valence-electron chi connectivity index (χ4n) is 2.88. The van der Waals surface area contributed by atoms with E-state index in [1.807, 2.05) is 29.2 Å². The predicted octanol–water partition coefficient (Wildman–Crippen LogP) is 3.32. The van der Waals surface area contributed by atoms with E-state index in [0.717, 1.165) is 46.6 Å². The Labute approximate surface area is 130 Å². The number of aromatic carboxylic acids is 1. The molecular formula is C16H13N3O2S.